The maximum atomic E-state index is 13.6. The summed E-state index contributed by atoms with van der Waals surface area (Å²) in [6, 6.07) is 4.72. The summed E-state index contributed by atoms with van der Waals surface area (Å²) >= 11 is 4.84. The Morgan fingerprint density at radius 2 is 2.35 bits per heavy atom. The second-order valence-electron chi connectivity index (χ2n) is 4.39. The number of imidazole rings is 1. The Hall–Kier alpha value is -1.28. The van der Waals surface area contributed by atoms with Crippen LogP contribution in [0.2, 0.25) is 0 Å². The predicted octanol–water partition coefficient (Wildman–Crippen LogP) is 3.04. The van der Waals surface area contributed by atoms with Crippen molar-refractivity contribution >= 4 is 32.2 Å². The molecule has 0 bridgehead atoms. The zero-order valence-corrected chi connectivity index (χ0v) is 12.8. The molecule has 0 fully saturated rings. The number of hydrogen-bond donors (Lipinski definition) is 2. The highest BCUT2D eigenvalue weighted by Crippen LogP contribution is 2.28. The fourth-order valence-corrected chi connectivity index (χ4v) is 3.39. The van der Waals surface area contributed by atoms with E-state index in [1.807, 2.05) is 28.2 Å². The van der Waals surface area contributed by atoms with E-state index in [0.29, 0.717) is 10.9 Å². The van der Waals surface area contributed by atoms with E-state index in [1.54, 1.807) is 17.4 Å². The van der Waals surface area contributed by atoms with E-state index < -0.39 is 0 Å². The minimum absolute atomic E-state index is 0.204. The second-order valence-corrected chi connectivity index (χ2v) is 6.06. The van der Waals surface area contributed by atoms with Crippen molar-refractivity contribution in [2.24, 2.45) is 5.84 Å². The van der Waals surface area contributed by atoms with Crippen molar-refractivity contribution in [3.05, 3.63) is 57.5 Å². The number of nitrogens with zero attached hydrogens (tertiary/aromatic N) is 2. The highest BCUT2D eigenvalue weighted by molar-refractivity contribution is 9.10. The molecule has 0 saturated carbocycles. The van der Waals surface area contributed by atoms with Gasteiger partial charge in [0.2, 0.25) is 0 Å². The molecular formula is C13H12BrFN4S. The Kier molecular flexibility index (Phi) is 3.84. The van der Waals surface area contributed by atoms with Crippen LogP contribution in [-0.2, 0) is 6.42 Å². The molecule has 3 rings (SSSR count). The molecule has 0 amide bonds. The van der Waals surface area contributed by atoms with Gasteiger partial charge >= 0.3 is 0 Å². The minimum atomic E-state index is -0.298. The number of nitrogens with two attached hydrogens (primary N) is 1. The standard InChI is InChI=1S/C13H12BrFN4S/c14-12-9(2-1-3-10(12)15)11(18-16)6-8-7-19-4-5-20-13(19)17-8/h1-5,7,11,18H,6,16H2. The molecule has 1 atom stereocenters. The molecule has 0 aliphatic rings. The monoisotopic (exact) mass is 354 g/mol. The number of aromatic nitrogens is 2. The number of nitrogens with one attached hydrogen (secondary N) is 1. The summed E-state index contributed by atoms with van der Waals surface area (Å²) in [5.41, 5.74) is 4.42. The average Bonchev–Trinajstić information content (AvgIpc) is 3.00. The largest absolute Gasteiger partial charge is 0.297 e. The Labute approximate surface area is 127 Å². The zero-order chi connectivity index (χ0) is 14.1. The highest BCUT2D eigenvalue weighted by Gasteiger charge is 2.17. The summed E-state index contributed by atoms with van der Waals surface area (Å²) in [5, 5.41) is 1.98. The molecule has 4 nitrogen and oxygen atoms in total. The van der Waals surface area contributed by atoms with Crippen LogP contribution in [0.3, 0.4) is 0 Å². The van der Waals surface area contributed by atoms with Crippen LogP contribution in [0.15, 0.2) is 40.4 Å². The SMILES string of the molecule is NNC(Cc1cn2ccsc2n1)c1cccc(F)c1Br. The molecule has 0 radical (unpaired) electrons. The number of benzene rings is 1. The van der Waals surface area contributed by atoms with E-state index in [4.69, 9.17) is 5.84 Å². The number of fused-ring (bicyclic) bond motifs is 1. The van der Waals surface area contributed by atoms with Crippen LogP contribution in [0.4, 0.5) is 4.39 Å². The van der Waals surface area contributed by atoms with E-state index in [-0.39, 0.29) is 11.9 Å². The summed E-state index contributed by atoms with van der Waals surface area (Å²) in [6.07, 6.45) is 4.51. The Balaban J connectivity index is 1.90. The van der Waals surface area contributed by atoms with Crippen LogP contribution in [-0.4, -0.2) is 9.38 Å². The van der Waals surface area contributed by atoms with Crippen molar-refractivity contribution in [3.63, 3.8) is 0 Å². The molecule has 1 unspecified atom stereocenters. The normalized spacial score (nSPS) is 12.9. The molecule has 20 heavy (non-hydrogen) atoms. The highest BCUT2D eigenvalue weighted by atomic mass is 79.9. The fourth-order valence-electron chi connectivity index (χ4n) is 2.13. The molecule has 0 saturated heterocycles. The average molecular weight is 355 g/mol. The Morgan fingerprint density at radius 3 is 3.10 bits per heavy atom. The molecule has 7 heteroatoms. The first kappa shape index (κ1) is 13.7. The van der Waals surface area contributed by atoms with Crippen molar-refractivity contribution < 1.29 is 4.39 Å². The van der Waals surface area contributed by atoms with E-state index in [1.165, 1.54) is 6.07 Å². The second kappa shape index (κ2) is 5.61. The van der Waals surface area contributed by atoms with E-state index in [0.717, 1.165) is 16.2 Å². The number of halogens is 2. The molecule has 0 aliphatic heterocycles. The lowest BCUT2D eigenvalue weighted by atomic mass is 10.0. The van der Waals surface area contributed by atoms with E-state index in [2.05, 4.69) is 26.3 Å². The quantitative estimate of drug-likeness (QED) is 0.559. The maximum absolute atomic E-state index is 13.6. The van der Waals surface area contributed by atoms with Crippen LogP contribution < -0.4 is 11.3 Å². The predicted molar refractivity (Wildman–Crippen MR) is 80.9 cm³/mol. The number of rotatable bonds is 4. The van der Waals surface area contributed by atoms with Crippen molar-refractivity contribution in [1.29, 1.82) is 0 Å². The zero-order valence-electron chi connectivity index (χ0n) is 10.4. The molecule has 104 valence electrons. The van der Waals surface area contributed by atoms with Crippen molar-refractivity contribution in [2.75, 3.05) is 0 Å². The number of hydrazine groups is 1. The molecule has 2 heterocycles. The van der Waals surface area contributed by atoms with Crippen molar-refractivity contribution in [1.82, 2.24) is 14.8 Å². The lowest BCUT2D eigenvalue weighted by molar-refractivity contribution is 0.536. The third-order valence-electron chi connectivity index (χ3n) is 3.11. The van der Waals surface area contributed by atoms with Gasteiger partial charge in [0.05, 0.1) is 16.2 Å². The summed E-state index contributed by atoms with van der Waals surface area (Å²) in [4.78, 5) is 5.45. The Bertz CT molecular complexity index is 710. The first-order chi connectivity index (χ1) is 9.69. The first-order valence-electron chi connectivity index (χ1n) is 6.00. The van der Waals surface area contributed by atoms with Crippen LogP contribution in [0.25, 0.3) is 4.96 Å². The van der Waals surface area contributed by atoms with Gasteiger partial charge in [-0.2, -0.15) is 0 Å². The number of hydrogen-bond acceptors (Lipinski definition) is 4. The van der Waals surface area contributed by atoms with Gasteiger partial charge < -0.3 is 0 Å². The Morgan fingerprint density at radius 1 is 1.50 bits per heavy atom. The van der Waals surface area contributed by atoms with Crippen LogP contribution in [0.5, 0.6) is 0 Å². The molecule has 3 aromatic rings. The maximum Gasteiger partial charge on any atom is 0.193 e. The van der Waals surface area contributed by atoms with E-state index in [9.17, 15) is 4.39 Å². The fraction of sp³-hybridized carbons (Fsp3) is 0.154. The molecule has 3 N–H and O–H groups in total. The minimum Gasteiger partial charge on any atom is -0.297 e. The molecule has 0 aliphatic carbocycles. The van der Waals surface area contributed by atoms with E-state index >= 15 is 0 Å². The van der Waals surface area contributed by atoms with Crippen LogP contribution in [0.1, 0.15) is 17.3 Å². The summed E-state index contributed by atoms with van der Waals surface area (Å²) < 4.78 is 16.0. The third-order valence-corrected chi connectivity index (χ3v) is 4.72. The van der Waals surface area contributed by atoms with Gasteiger partial charge in [-0.15, -0.1) is 11.3 Å². The van der Waals surface area contributed by atoms with Gasteiger partial charge in [0, 0.05) is 24.2 Å². The lowest BCUT2D eigenvalue weighted by Crippen LogP contribution is -2.30. The summed E-state index contributed by atoms with van der Waals surface area (Å²) in [5.74, 6) is 5.32. The topological polar surface area (TPSA) is 55.3 Å². The van der Waals surface area contributed by atoms with Crippen molar-refractivity contribution in [2.45, 2.75) is 12.5 Å². The summed E-state index contributed by atoms with van der Waals surface area (Å²) in [6.45, 7) is 0. The molecule has 0 spiro atoms. The van der Waals surface area contributed by atoms with Gasteiger partial charge in [-0.25, -0.2) is 9.37 Å². The molecular weight excluding hydrogens is 343 g/mol. The molecule has 1 aromatic carbocycles. The van der Waals surface area contributed by atoms with Gasteiger partial charge in [-0.3, -0.25) is 15.7 Å². The molecule has 2 aromatic heterocycles. The smallest absolute Gasteiger partial charge is 0.193 e. The first-order valence-corrected chi connectivity index (χ1v) is 7.67. The van der Waals surface area contributed by atoms with Gasteiger partial charge in [-0.05, 0) is 27.6 Å². The van der Waals surface area contributed by atoms with Crippen LogP contribution in [0, 0.1) is 5.82 Å². The van der Waals surface area contributed by atoms with Crippen LogP contribution >= 0.6 is 27.3 Å². The summed E-state index contributed by atoms with van der Waals surface area (Å²) in [7, 11) is 0. The van der Waals surface area contributed by atoms with Gasteiger partial charge in [-0.1, -0.05) is 12.1 Å². The van der Waals surface area contributed by atoms with Gasteiger partial charge in [0.15, 0.2) is 4.96 Å². The number of thiazole rings is 1. The van der Waals surface area contributed by atoms with Crippen molar-refractivity contribution in [3.8, 4) is 0 Å². The van der Waals surface area contributed by atoms with Gasteiger partial charge in [0.1, 0.15) is 5.82 Å². The third kappa shape index (κ3) is 2.49. The lowest BCUT2D eigenvalue weighted by Gasteiger charge is -2.17. The van der Waals surface area contributed by atoms with Gasteiger partial charge in [0.25, 0.3) is 0 Å².